The molecule has 3 rings (SSSR count). The van der Waals surface area contributed by atoms with Crippen molar-refractivity contribution in [1.82, 2.24) is 0 Å². The molecular weight excluding hydrogens is 374 g/mol. The van der Waals surface area contributed by atoms with Crippen LogP contribution in [0.25, 0.3) is 10.8 Å². The number of carbonyl (C=O) groups is 2. The average Bonchev–Trinajstić information content (AvgIpc) is 2.72. The summed E-state index contributed by atoms with van der Waals surface area (Å²) < 4.78 is 10.6. The molecule has 0 aliphatic carbocycles. The second-order valence-corrected chi connectivity index (χ2v) is 7.04. The van der Waals surface area contributed by atoms with Crippen LogP contribution in [0.15, 0.2) is 65.6 Å². The minimum atomic E-state index is -0.955. The lowest BCUT2D eigenvalue weighted by Gasteiger charge is -2.15. The largest absolute Gasteiger partial charge is 0.496 e. The van der Waals surface area contributed by atoms with Gasteiger partial charge in [-0.05, 0) is 54.3 Å². The molecule has 0 radical (unpaired) electrons. The first-order valence-electron chi connectivity index (χ1n) is 8.74. The van der Waals surface area contributed by atoms with Crippen molar-refractivity contribution in [3.63, 3.8) is 0 Å². The number of thioether (sulfide) groups is 1. The Kier molecular flexibility index (Phi) is 6.21. The molecule has 0 aliphatic rings. The van der Waals surface area contributed by atoms with Crippen molar-refractivity contribution < 1.29 is 19.1 Å². The van der Waals surface area contributed by atoms with E-state index in [0.717, 1.165) is 15.7 Å². The molecule has 5 nitrogen and oxygen atoms in total. The minimum absolute atomic E-state index is 0.283. The van der Waals surface area contributed by atoms with Crippen molar-refractivity contribution in [2.24, 2.45) is 0 Å². The zero-order chi connectivity index (χ0) is 20.1. The third-order valence-electron chi connectivity index (χ3n) is 4.30. The number of benzene rings is 3. The smallest absolute Gasteiger partial charge is 0.342 e. The quantitative estimate of drug-likeness (QED) is 0.482. The summed E-state index contributed by atoms with van der Waals surface area (Å²) >= 11 is 1.54. The highest BCUT2D eigenvalue weighted by Gasteiger charge is 2.21. The summed E-state index contributed by atoms with van der Waals surface area (Å²) in [6, 6.07) is 18.7. The third-order valence-corrected chi connectivity index (χ3v) is 5.02. The van der Waals surface area contributed by atoms with Crippen molar-refractivity contribution in [1.29, 1.82) is 0 Å². The Balaban J connectivity index is 1.68. The molecule has 0 aromatic heterocycles. The van der Waals surface area contributed by atoms with Crippen molar-refractivity contribution in [3.8, 4) is 5.75 Å². The monoisotopic (exact) mass is 395 g/mol. The Morgan fingerprint density at radius 3 is 2.46 bits per heavy atom. The highest BCUT2D eigenvalue weighted by molar-refractivity contribution is 7.98. The molecule has 6 heteroatoms. The van der Waals surface area contributed by atoms with Crippen LogP contribution in [0.3, 0.4) is 0 Å². The SMILES string of the molecule is COc1cc(SC)ccc1C(=O)O[C@H](C)C(=O)Nc1ccc2ccccc2c1. The molecule has 0 unspecified atom stereocenters. The number of hydrogen-bond acceptors (Lipinski definition) is 5. The summed E-state index contributed by atoms with van der Waals surface area (Å²) in [6.45, 7) is 1.54. The van der Waals surface area contributed by atoms with Crippen LogP contribution in [0.1, 0.15) is 17.3 Å². The predicted molar refractivity (Wildman–Crippen MR) is 112 cm³/mol. The van der Waals surface area contributed by atoms with Gasteiger partial charge in [0, 0.05) is 10.6 Å². The van der Waals surface area contributed by atoms with Gasteiger partial charge < -0.3 is 14.8 Å². The van der Waals surface area contributed by atoms with E-state index in [1.807, 2.05) is 54.8 Å². The fourth-order valence-electron chi connectivity index (χ4n) is 2.76. The van der Waals surface area contributed by atoms with E-state index in [9.17, 15) is 9.59 Å². The highest BCUT2D eigenvalue weighted by Crippen LogP contribution is 2.26. The molecule has 0 bridgehead atoms. The van der Waals surface area contributed by atoms with Gasteiger partial charge in [0.25, 0.3) is 5.91 Å². The van der Waals surface area contributed by atoms with Crippen LogP contribution in [0, 0.1) is 0 Å². The zero-order valence-electron chi connectivity index (χ0n) is 15.9. The number of nitrogens with one attached hydrogen (secondary N) is 1. The fraction of sp³-hybridized carbons (Fsp3) is 0.182. The Bertz CT molecular complexity index is 1020. The first kappa shape index (κ1) is 19.8. The lowest BCUT2D eigenvalue weighted by atomic mass is 10.1. The maximum Gasteiger partial charge on any atom is 0.342 e. The van der Waals surface area contributed by atoms with Crippen LogP contribution in [0.4, 0.5) is 5.69 Å². The average molecular weight is 395 g/mol. The number of methoxy groups -OCH3 is 1. The minimum Gasteiger partial charge on any atom is -0.496 e. The van der Waals surface area contributed by atoms with Gasteiger partial charge in [0.1, 0.15) is 11.3 Å². The topological polar surface area (TPSA) is 64.6 Å². The highest BCUT2D eigenvalue weighted by atomic mass is 32.2. The normalized spacial score (nSPS) is 11.7. The molecule has 1 atom stereocenters. The summed E-state index contributed by atoms with van der Waals surface area (Å²) in [5.41, 5.74) is 0.930. The third kappa shape index (κ3) is 4.46. The Hall–Kier alpha value is -2.99. The maximum atomic E-state index is 12.5. The van der Waals surface area contributed by atoms with Gasteiger partial charge >= 0.3 is 5.97 Å². The first-order chi connectivity index (χ1) is 13.5. The Labute approximate surface area is 168 Å². The Morgan fingerprint density at radius 1 is 1.00 bits per heavy atom. The standard InChI is InChI=1S/C22H21NO4S/c1-14(27-22(25)19-11-10-18(28-3)13-20(19)26-2)21(24)23-17-9-8-15-6-4-5-7-16(15)12-17/h4-14H,1-3H3,(H,23,24)/t14-/m1/s1. The maximum absolute atomic E-state index is 12.5. The molecule has 3 aromatic rings. The number of esters is 1. The zero-order valence-corrected chi connectivity index (χ0v) is 16.7. The van der Waals surface area contributed by atoms with Gasteiger partial charge in [0.2, 0.25) is 0 Å². The molecule has 0 saturated carbocycles. The first-order valence-corrected chi connectivity index (χ1v) is 9.97. The van der Waals surface area contributed by atoms with E-state index in [1.54, 1.807) is 23.9 Å². The fourth-order valence-corrected chi connectivity index (χ4v) is 3.18. The van der Waals surface area contributed by atoms with Crippen LogP contribution in [-0.4, -0.2) is 31.3 Å². The van der Waals surface area contributed by atoms with Gasteiger partial charge in [0.15, 0.2) is 6.10 Å². The molecule has 1 N–H and O–H groups in total. The van der Waals surface area contributed by atoms with E-state index in [-0.39, 0.29) is 5.56 Å². The van der Waals surface area contributed by atoms with Crippen LogP contribution < -0.4 is 10.1 Å². The second-order valence-electron chi connectivity index (χ2n) is 6.16. The lowest BCUT2D eigenvalue weighted by Crippen LogP contribution is -2.30. The molecule has 0 aliphatic heterocycles. The predicted octanol–water partition coefficient (Wildman–Crippen LogP) is 4.75. The molecule has 0 fully saturated rings. The van der Waals surface area contributed by atoms with Crippen molar-refractivity contribution in [2.75, 3.05) is 18.7 Å². The summed E-state index contributed by atoms with van der Waals surface area (Å²) in [5.74, 6) is -0.590. The summed E-state index contributed by atoms with van der Waals surface area (Å²) in [7, 11) is 1.49. The van der Waals surface area contributed by atoms with E-state index >= 15 is 0 Å². The molecular formula is C22H21NO4S. The molecule has 144 valence electrons. The summed E-state index contributed by atoms with van der Waals surface area (Å²) in [6.07, 6.45) is 0.982. The molecule has 0 spiro atoms. The molecule has 0 heterocycles. The van der Waals surface area contributed by atoms with Crippen LogP contribution >= 0.6 is 11.8 Å². The number of amides is 1. The molecule has 28 heavy (non-hydrogen) atoms. The van der Waals surface area contributed by atoms with Crippen LogP contribution in [0.2, 0.25) is 0 Å². The summed E-state index contributed by atoms with van der Waals surface area (Å²) in [5, 5.41) is 4.89. The van der Waals surface area contributed by atoms with Crippen molar-refractivity contribution >= 4 is 40.1 Å². The van der Waals surface area contributed by atoms with E-state index in [2.05, 4.69) is 5.32 Å². The van der Waals surface area contributed by atoms with Crippen LogP contribution in [-0.2, 0) is 9.53 Å². The van der Waals surface area contributed by atoms with E-state index in [1.165, 1.54) is 14.0 Å². The lowest BCUT2D eigenvalue weighted by molar-refractivity contribution is -0.123. The van der Waals surface area contributed by atoms with E-state index in [0.29, 0.717) is 11.4 Å². The van der Waals surface area contributed by atoms with Gasteiger partial charge in [-0.3, -0.25) is 4.79 Å². The van der Waals surface area contributed by atoms with Gasteiger partial charge in [-0.15, -0.1) is 11.8 Å². The molecule has 3 aromatic carbocycles. The number of fused-ring (bicyclic) bond motifs is 1. The van der Waals surface area contributed by atoms with Gasteiger partial charge in [0.05, 0.1) is 7.11 Å². The summed E-state index contributed by atoms with van der Waals surface area (Å²) in [4.78, 5) is 25.9. The molecule has 1 amide bonds. The number of rotatable bonds is 6. The Morgan fingerprint density at radius 2 is 1.75 bits per heavy atom. The van der Waals surface area contributed by atoms with E-state index < -0.39 is 18.0 Å². The van der Waals surface area contributed by atoms with Crippen molar-refractivity contribution in [3.05, 3.63) is 66.2 Å². The second kappa shape index (κ2) is 8.80. The number of anilines is 1. The van der Waals surface area contributed by atoms with Gasteiger partial charge in [-0.2, -0.15) is 0 Å². The van der Waals surface area contributed by atoms with Gasteiger partial charge in [-0.1, -0.05) is 30.3 Å². The number of hydrogen-bond donors (Lipinski definition) is 1. The number of carbonyl (C=O) groups excluding carboxylic acids is 2. The van der Waals surface area contributed by atoms with Gasteiger partial charge in [-0.25, -0.2) is 4.79 Å². The van der Waals surface area contributed by atoms with E-state index in [4.69, 9.17) is 9.47 Å². The molecule has 0 saturated heterocycles. The number of ether oxygens (including phenoxy) is 2. The van der Waals surface area contributed by atoms with Crippen LogP contribution in [0.5, 0.6) is 5.75 Å². The van der Waals surface area contributed by atoms with Crippen molar-refractivity contribution in [2.45, 2.75) is 17.9 Å².